The van der Waals surface area contributed by atoms with E-state index >= 15 is 0 Å². The molecule has 0 atom stereocenters. The van der Waals surface area contributed by atoms with Gasteiger partial charge in [0.15, 0.2) is 0 Å². The van der Waals surface area contributed by atoms with E-state index in [-0.39, 0.29) is 31.1 Å². The van der Waals surface area contributed by atoms with Gasteiger partial charge in [0.1, 0.15) is 5.82 Å². The molecular weight excluding hydrogens is 400 g/mol. The maximum absolute atomic E-state index is 13.1. The third-order valence-electron chi connectivity index (χ3n) is 4.44. The highest BCUT2D eigenvalue weighted by molar-refractivity contribution is 7.89. The van der Waals surface area contributed by atoms with E-state index in [1.807, 2.05) is 0 Å². The molecule has 0 unspecified atom stereocenters. The van der Waals surface area contributed by atoms with Crippen molar-refractivity contribution >= 4 is 15.9 Å². The summed E-state index contributed by atoms with van der Waals surface area (Å²) in [6, 6.07) is 8.82. The van der Waals surface area contributed by atoms with E-state index in [1.165, 1.54) is 17.0 Å². The number of hydrogen-bond acceptors (Lipinski definition) is 3. The van der Waals surface area contributed by atoms with Gasteiger partial charge in [-0.1, -0.05) is 12.1 Å². The number of sulfonamides is 1. The van der Waals surface area contributed by atoms with Crippen molar-refractivity contribution in [3.63, 3.8) is 0 Å². The number of benzene rings is 2. The van der Waals surface area contributed by atoms with Crippen molar-refractivity contribution in [3.8, 4) is 0 Å². The first kappa shape index (κ1) is 20.3. The average molecular weight is 416 g/mol. The smallest absolute Gasteiger partial charge is 0.336 e. The van der Waals surface area contributed by atoms with E-state index in [2.05, 4.69) is 0 Å². The monoisotopic (exact) mass is 416 g/mol. The summed E-state index contributed by atoms with van der Waals surface area (Å²) in [5.41, 5.74) is -1.49. The summed E-state index contributed by atoms with van der Waals surface area (Å²) in [6.45, 7) is -0.240. The number of halogens is 4. The van der Waals surface area contributed by atoms with Crippen LogP contribution in [0.15, 0.2) is 53.4 Å². The van der Waals surface area contributed by atoms with E-state index in [1.54, 1.807) is 0 Å². The Balaban J connectivity index is 1.74. The molecule has 0 saturated carbocycles. The van der Waals surface area contributed by atoms with Gasteiger partial charge in [-0.05, 0) is 36.4 Å². The van der Waals surface area contributed by atoms with Crippen molar-refractivity contribution in [2.75, 3.05) is 26.2 Å². The Bertz CT molecular complexity index is 967. The summed E-state index contributed by atoms with van der Waals surface area (Å²) < 4.78 is 78.7. The molecule has 1 aliphatic heterocycles. The molecule has 0 aliphatic carbocycles. The summed E-state index contributed by atoms with van der Waals surface area (Å²) >= 11 is 0. The Morgan fingerprint density at radius 3 is 2.04 bits per heavy atom. The fourth-order valence-electron chi connectivity index (χ4n) is 2.97. The van der Waals surface area contributed by atoms with Crippen molar-refractivity contribution in [2.45, 2.75) is 11.1 Å². The van der Waals surface area contributed by atoms with Crippen LogP contribution in [0.3, 0.4) is 0 Å². The first-order chi connectivity index (χ1) is 13.1. The molecule has 1 aliphatic rings. The van der Waals surface area contributed by atoms with Gasteiger partial charge in [0.05, 0.1) is 16.0 Å². The van der Waals surface area contributed by atoms with Crippen LogP contribution in [-0.2, 0) is 16.2 Å². The molecule has 1 heterocycles. The van der Waals surface area contributed by atoms with Crippen molar-refractivity contribution < 1.29 is 30.8 Å². The highest BCUT2D eigenvalue weighted by Crippen LogP contribution is 2.32. The van der Waals surface area contributed by atoms with Gasteiger partial charge in [0.25, 0.3) is 5.91 Å². The molecule has 5 nitrogen and oxygen atoms in total. The number of carbonyl (C=O) groups excluding carboxylic acids is 1. The van der Waals surface area contributed by atoms with Crippen molar-refractivity contribution in [3.05, 3.63) is 65.5 Å². The summed E-state index contributed by atoms with van der Waals surface area (Å²) in [5.74, 6) is -1.37. The highest BCUT2D eigenvalue weighted by atomic mass is 32.2. The van der Waals surface area contributed by atoms with E-state index in [4.69, 9.17) is 0 Å². The van der Waals surface area contributed by atoms with E-state index in [0.29, 0.717) is 0 Å². The van der Waals surface area contributed by atoms with Crippen LogP contribution in [0.5, 0.6) is 0 Å². The molecule has 0 N–H and O–H groups in total. The summed E-state index contributed by atoms with van der Waals surface area (Å²) in [5, 5.41) is 0. The van der Waals surface area contributed by atoms with Crippen LogP contribution < -0.4 is 0 Å². The van der Waals surface area contributed by atoms with E-state index in [9.17, 15) is 30.8 Å². The molecule has 0 bridgehead atoms. The Kier molecular flexibility index (Phi) is 5.44. The number of carbonyl (C=O) groups is 1. The minimum absolute atomic E-state index is 0.0501. The molecule has 28 heavy (non-hydrogen) atoms. The number of alkyl halides is 3. The fraction of sp³-hybridized carbons (Fsp3) is 0.278. The van der Waals surface area contributed by atoms with Gasteiger partial charge in [-0.25, -0.2) is 12.8 Å². The van der Waals surface area contributed by atoms with Gasteiger partial charge >= 0.3 is 6.18 Å². The maximum Gasteiger partial charge on any atom is 0.417 e. The molecule has 10 heteroatoms. The largest absolute Gasteiger partial charge is 0.417 e. The second-order valence-electron chi connectivity index (χ2n) is 6.19. The number of nitrogens with zero attached hydrogens (tertiary/aromatic N) is 2. The van der Waals surface area contributed by atoms with Crippen LogP contribution >= 0.6 is 0 Å². The molecule has 0 radical (unpaired) electrons. The quantitative estimate of drug-likeness (QED) is 0.723. The molecule has 2 aromatic carbocycles. The van der Waals surface area contributed by atoms with Crippen LogP contribution in [0, 0.1) is 5.82 Å². The van der Waals surface area contributed by atoms with Crippen molar-refractivity contribution in [1.82, 2.24) is 9.21 Å². The zero-order valence-electron chi connectivity index (χ0n) is 14.5. The lowest BCUT2D eigenvalue weighted by Gasteiger charge is -2.34. The number of piperazine rings is 1. The van der Waals surface area contributed by atoms with Gasteiger partial charge in [0.2, 0.25) is 10.0 Å². The first-order valence-corrected chi connectivity index (χ1v) is 9.76. The fourth-order valence-corrected chi connectivity index (χ4v) is 4.40. The Labute approximate surface area is 159 Å². The lowest BCUT2D eigenvalue weighted by Crippen LogP contribution is -2.50. The molecular formula is C18H16F4N2O3S. The van der Waals surface area contributed by atoms with Gasteiger partial charge in [-0.15, -0.1) is 0 Å². The van der Waals surface area contributed by atoms with Crippen LogP contribution in [0.4, 0.5) is 17.6 Å². The normalized spacial score (nSPS) is 16.2. The number of amides is 1. The zero-order valence-corrected chi connectivity index (χ0v) is 15.3. The molecule has 1 amide bonds. The van der Waals surface area contributed by atoms with E-state index < -0.39 is 39.1 Å². The van der Waals surface area contributed by atoms with Gasteiger partial charge in [0, 0.05) is 26.2 Å². The lowest BCUT2D eigenvalue weighted by atomic mass is 10.1. The second kappa shape index (κ2) is 7.51. The van der Waals surface area contributed by atoms with Gasteiger partial charge < -0.3 is 4.90 Å². The molecule has 2 aromatic rings. The Morgan fingerprint density at radius 2 is 1.46 bits per heavy atom. The van der Waals surface area contributed by atoms with Crippen LogP contribution in [0.2, 0.25) is 0 Å². The summed E-state index contributed by atoms with van der Waals surface area (Å²) in [4.78, 5) is 13.7. The third kappa shape index (κ3) is 4.02. The number of rotatable bonds is 3. The van der Waals surface area contributed by atoms with Crippen molar-refractivity contribution in [1.29, 1.82) is 0 Å². The van der Waals surface area contributed by atoms with Gasteiger partial charge in [-0.2, -0.15) is 17.5 Å². The molecule has 0 aromatic heterocycles. The minimum Gasteiger partial charge on any atom is -0.336 e. The average Bonchev–Trinajstić information content (AvgIpc) is 2.67. The zero-order chi connectivity index (χ0) is 20.5. The summed E-state index contributed by atoms with van der Waals surface area (Å²) in [7, 11) is -3.88. The Hall–Kier alpha value is -2.46. The predicted molar refractivity (Wildman–Crippen MR) is 92.5 cm³/mol. The standard InChI is InChI=1S/C18H16F4N2O3S/c19-13-5-7-14(8-6-13)28(26,27)24-11-9-23(10-12-24)17(25)15-3-1-2-4-16(15)18(20,21)22/h1-8H,9-12H2. The molecule has 3 rings (SSSR count). The lowest BCUT2D eigenvalue weighted by molar-refractivity contribution is -0.138. The maximum atomic E-state index is 13.1. The highest BCUT2D eigenvalue weighted by Gasteiger charge is 2.37. The van der Waals surface area contributed by atoms with Gasteiger partial charge in [-0.3, -0.25) is 4.79 Å². The molecule has 0 spiro atoms. The first-order valence-electron chi connectivity index (χ1n) is 8.32. The predicted octanol–water partition coefficient (Wildman–Crippen LogP) is 2.99. The SMILES string of the molecule is O=C(c1ccccc1C(F)(F)F)N1CCN(S(=O)(=O)c2ccc(F)cc2)CC1. The van der Waals surface area contributed by atoms with Crippen LogP contribution in [-0.4, -0.2) is 49.7 Å². The molecule has 1 saturated heterocycles. The minimum atomic E-state index is -4.67. The molecule has 1 fully saturated rings. The van der Waals surface area contributed by atoms with Crippen molar-refractivity contribution in [2.24, 2.45) is 0 Å². The molecule has 150 valence electrons. The topological polar surface area (TPSA) is 57.7 Å². The summed E-state index contributed by atoms with van der Waals surface area (Å²) in [6.07, 6.45) is -4.67. The number of hydrogen-bond donors (Lipinski definition) is 0. The van der Waals surface area contributed by atoms with Crippen LogP contribution in [0.25, 0.3) is 0 Å². The Morgan fingerprint density at radius 1 is 0.893 bits per heavy atom. The second-order valence-corrected chi connectivity index (χ2v) is 8.13. The van der Waals surface area contributed by atoms with Crippen LogP contribution in [0.1, 0.15) is 15.9 Å². The van der Waals surface area contributed by atoms with E-state index in [0.717, 1.165) is 40.7 Å². The third-order valence-corrected chi connectivity index (χ3v) is 6.35.